The van der Waals surface area contributed by atoms with Gasteiger partial charge in [-0.3, -0.25) is 4.79 Å². The lowest BCUT2D eigenvalue weighted by atomic mass is 9.73. The molecule has 2 atom stereocenters. The minimum Gasteiger partial charge on any atom is -0.299 e. The molecule has 58 valence electrons. The van der Waals surface area contributed by atoms with Gasteiger partial charge in [-0.1, -0.05) is 13.0 Å². The number of carbonyl (C=O) groups excluding carboxylic acids is 1. The van der Waals surface area contributed by atoms with E-state index in [0.29, 0.717) is 11.7 Å². The van der Waals surface area contributed by atoms with E-state index in [9.17, 15) is 4.79 Å². The molecule has 1 nitrogen and oxygen atoms in total. The topological polar surface area (TPSA) is 17.1 Å². The molecule has 0 spiro atoms. The third-order valence-corrected chi connectivity index (χ3v) is 3.45. The van der Waals surface area contributed by atoms with Crippen LogP contribution in [0.25, 0.3) is 0 Å². The zero-order valence-corrected chi connectivity index (χ0v) is 7.23. The molecule has 2 heteroatoms. The highest BCUT2D eigenvalue weighted by Crippen LogP contribution is 2.40. The van der Waals surface area contributed by atoms with Crippen molar-refractivity contribution in [2.75, 3.05) is 0 Å². The summed E-state index contributed by atoms with van der Waals surface area (Å²) < 4.78 is 0. The summed E-state index contributed by atoms with van der Waals surface area (Å²) in [7, 11) is 0. The van der Waals surface area contributed by atoms with E-state index in [1.165, 1.54) is 4.88 Å². The van der Waals surface area contributed by atoms with E-state index < -0.39 is 0 Å². The van der Waals surface area contributed by atoms with Crippen LogP contribution in [-0.2, 0) is 4.79 Å². The number of carbonyl (C=O) groups is 1. The minimum absolute atomic E-state index is 0.272. The van der Waals surface area contributed by atoms with E-state index in [-0.39, 0.29) is 5.92 Å². The maximum Gasteiger partial charge on any atom is 0.137 e. The molecule has 1 aromatic rings. The fraction of sp³-hybridized carbons (Fsp3) is 0.444. The van der Waals surface area contributed by atoms with Crippen LogP contribution in [0, 0.1) is 5.92 Å². The van der Waals surface area contributed by atoms with Gasteiger partial charge in [-0.15, -0.1) is 11.3 Å². The fourth-order valence-electron chi connectivity index (χ4n) is 1.49. The smallest absolute Gasteiger partial charge is 0.137 e. The molecule has 0 amide bonds. The normalized spacial score (nSPS) is 30.1. The minimum atomic E-state index is 0.272. The number of hydrogen-bond donors (Lipinski definition) is 0. The van der Waals surface area contributed by atoms with Crippen LogP contribution >= 0.6 is 11.3 Å². The summed E-state index contributed by atoms with van der Waals surface area (Å²) in [6, 6.07) is 4.17. The van der Waals surface area contributed by atoms with Crippen molar-refractivity contribution in [2.45, 2.75) is 19.3 Å². The van der Waals surface area contributed by atoms with Crippen LogP contribution in [-0.4, -0.2) is 5.78 Å². The Morgan fingerprint density at radius 2 is 2.45 bits per heavy atom. The Balaban J connectivity index is 2.15. The van der Waals surface area contributed by atoms with E-state index in [1.807, 2.05) is 6.92 Å². The van der Waals surface area contributed by atoms with E-state index in [4.69, 9.17) is 0 Å². The van der Waals surface area contributed by atoms with Gasteiger partial charge in [0, 0.05) is 23.1 Å². The molecule has 0 aliphatic heterocycles. The monoisotopic (exact) mass is 166 g/mol. The predicted molar refractivity (Wildman–Crippen MR) is 45.8 cm³/mol. The van der Waals surface area contributed by atoms with Gasteiger partial charge in [-0.25, -0.2) is 0 Å². The van der Waals surface area contributed by atoms with E-state index >= 15 is 0 Å². The van der Waals surface area contributed by atoms with Crippen molar-refractivity contribution in [1.29, 1.82) is 0 Å². The summed E-state index contributed by atoms with van der Waals surface area (Å²) in [5, 5.41) is 2.07. The van der Waals surface area contributed by atoms with Gasteiger partial charge in [0.1, 0.15) is 5.78 Å². The number of Topliss-reactive ketones (excluding diaryl/α,β-unsaturated/α-hetero) is 1. The molecule has 1 aromatic heterocycles. The van der Waals surface area contributed by atoms with Crippen LogP contribution in [0.4, 0.5) is 0 Å². The first-order valence-electron chi connectivity index (χ1n) is 3.85. The Labute approximate surface area is 70.1 Å². The number of rotatable bonds is 1. The summed E-state index contributed by atoms with van der Waals surface area (Å²) in [5.41, 5.74) is 0. The van der Waals surface area contributed by atoms with Crippen LogP contribution in [0.15, 0.2) is 17.5 Å². The van der Waals surface area contributed by atoms with Crippen LogP contribution in [0.2, 0.25) is 0 Å². The van der Waals surface area contributed by atoms with Crippen LogP contribution in [0.3, 0.4) is 0 Å². The summed E-state index contributed by atoms with van der Waals surface area (Å²) in [4.78, 5) is 12.3. The molecule has 1 saturated carbocycles. The zero-order valence-electron chi connectivity index (χ0n) is 6.41. The third-order valence-electron chi connectivity index (χ3n) is 2.44. The van der Waals surface area contributed by atoms with Crippen LogP contribution in [0.1, 0.15) is 24.1 Å². The first-order chi connectivity index (χ1) is 5.29. The summed E-state index contributed by atoms with van der Waals surface area (Å²) >= 11 is 1.76. The molecule has 11 heavy (non-hydrogen) atoms. The maximum atomic E-state index is 10.9. The van der Waals surface area contributed by atoms with Crippen molar-refractivity contribution in [3.63, 3.8) is 0 Å². The molecular formula is C9H10OS. The van der Waals surface area contributed by atoms with E-state index in [1.54, 1.807) is 11.3 Å². The van der Waals surface area contributed by atoms with E-state index in [2.05, 4.69) is 17.5 Å². The standard InChI is InChI=1S/C9H10OS/c1-6-7(5-8(6)10)9-3-2-4-11-9/h2-4,6-7H,5H2,1H3. The van der Waals surface area contributed by atoms with Crippen LogP contribution in [0.5, 0.6) is 0 Å². The van der Waals surface area contributed by atoms with Gasteiger partial charge >= 0.3 is 0 Å². The molecule has 2 unspecified atom stereocenters. The Morgan fingerprint density at radius 3 is 2.91 bits per heavy atom. The highest BCUT2D eigenvalue weighted by molar-refractivity contribution is 7.10. The first-order valence-corrected chi connectivity index (χ1v) is 4.73. The van der Waals surface area contributed by atoms with Crippen molar-refractivity contribution in [2.24, 2.45) is 5.92 Å². The van der Waals surface area contributed by atoms with Gasteiger partial charge in [-0.2, -0.15) is 0 Å². The number of hydrogen-bond acceptors (Lipinski definition) is 2. The van der Waals surface area contributed by atoms with Crippen molar-refractivity contribution in [3.05, 3.63) is 22.4 Å². The Morgan fingerprint density at radius 1 is 1.64 bits per heavy atom. The summed E-state index contributed by atoms with van der Waals surface area (Å²) in [6.45, 7) is 2.02. The average Bonchev–Trinajstić information content (AvgIpc) is 2.51. The van der Waals surface area contributed by atoms with Gasteiger partial charge in [-0.05, 0) is 11.4 Å². The SMILES string of the molecule is CC1C(=O)CC1c1cccs1. The van der Waals surface area contributed by atoms with Crippen molar-refractivity contribution in [3.8, 4) is 0 Å². The highest BCUT2D eigenvalue weighted by Gasteiger charge is 2.37. The molecular weight excluding hydrogens is 156 g/mol. The predicted octanol–water partition coefficient (Wildman–Crippen LogP) is 2.44. The second kappa shape index (κ2) is 2.45. The average molecular weight is 166 g/mol. The first kappa shape index (κ1) is 7.04. The Kier molecular flexibility index (Phi) is 1.57. The number of ketones is 1. The van der Waals surface area contributed by atoms with Crippen molar-refractivity contribution >= 4 is 17.1 Å². The second-order valence-corrected chi connectivity index (χ2v) is 4.06. The second-order valence-electron chi connectivity index (χ2n) is 3.08. The largest absolute Gasteiger partial charge is 0.299 e. The molecule has 0 bridgehead atoms. The highest BCUT2D eigenvalue weighted by atomic mass is 32.1. The van der Waals surface area contributed by atoms with Gasteiger partial charge in [0.15, 0.2) is 0 Å². The lowest BCUT2D eigenvalue weighted by Gasteiger charge is -2.31. The molecule has 0 N–H and O–H groups in total. The molecule has 1 fully saturated rings. The molecule has 0 radical (unpaired) electrons. The Hall–Kier alpha value is -0.630. The lowest BCUT2D eigenvalue weighted by molar-refractivity contribution is -0.129. The molecule has 0 saturated heterocycles. The summed E-state index contributed by atoms with van der Waals surface area (Å²) in [5.74, 6) is 1.22. The fourth-order valence-corrected chi connectivity index (χ4v) is 2.43. The van der Waals surface area contributed by atoms with Gasteiger partial charge in [0.05, 0.1) is 0 Å². The van der Waals surface area contributed by atoms with Gasteiger partial charge < -0.3 is 0 Å². The lowest BCUT2D eigenvalue weighted by Crippen LogP contribution is -2.32. The quantitative estimate of drug-likeness (QED) is 0.626. The Bertz CT molecular complexity index is 263. The van der Waals surface area contributed by atoms with Crippen molar-refractivity contribution in [1.82, 2.24) is 0 Å². The number of thiophene rings is 1. The molecule has 0 aromatic carbocycles. The molecule has 1 heterocycles. The van der Waals surface area contributed by atoms with Crippen molar-refractivity contribution < 1.29 is 4.79 Å². The van der Waals surface area contributed by atoms with Gasteiger partial charge in [0.2, 0.25) is 0 Å². The summed E-state index contributed by atoms with van der Waals surface area (Å²) in [6.07, 6.45) is 0.766. The molecule has 1 aliphatic carbocycles. The zero-order chi connectivity index (χ0) is 7.84. The third kappa shape index (κ3) is 1.02. The van der Waals surface area contributed by atoms with Crippen LogP contribution < -0.4 is 0 Å². The molecule has 1 aliphatic rings. The van der Waals surface area contributed by atoms with Gasteiger partial charge in [0.25, 0.3) is 0 Å². The maximum absolute atomic E-state index is 10.9. The van der Waals surface area contributed by atoms with E-state index in [0.717, 1.165) is 6.42 Å². The molecule has 2 rings (SSSR count).